The maximum absolute atomic E-state index is 12.8. The zero-order chi connectivity index (χ0) is 18.3. The van der Waals surface area contributed by atoms with Crippen LogP contribution in [0.1, 0.15) is 54.8 Å². The van der Waals surface area contributed by atoms with E-state index in [0.29, 0.717) is 44.7 Å². The van der Waals surface area contributed by atoms with Crippen LogP contribution in [-0.2, 0) is 4.79 Å². The lowest BCUT2D eigenvalue weighted by atomic mass is 9.75. The summed E-state index contributed by atoms with van der Waals surface area (Å²) in [5.74, 6) is 0.330. The molecule has 1 aromatic heterocycles. The second kappa shape index (κ2) is 6.68. The van der Waals surface area contributed by atoms with Crippen molar-refractivity contribution in [2.75, 3.05) is 26.2 Å². The Bertz CT molecular complexity index is 697. The van der Waals surface area contributed by atoms with E-state index in [-0.39, 0.29) is 29.4 Å². The van der Waals surface area contributed by atoms with Crippen LogP contribution in [-0.4, -0.2) is 63.7 Å². The van der Waals surface area contributed by atoms with E-state index in [9.17, 15) is 14.7 Å². The summed E-state index contributed by atoms with van der Waals surface area (Å²) in [6.45, 7) is 3.89. The highest BCUT2D eigenvalue weighted by Gasteiger charge is 2.47. The third-order valence-corrected chi connectivity index (χ3v) is 6.41. The molecular weight excluding hydrogens is 334 g/mol. The Morgan fingerprint density at radius 2 is 1.85 bits per heavy atom. The molecule has 142 valence electrons. The summed E-state index contributed by atoms with van der Waals surface area (Å²) in [6.07, 6.45) is 5.38. The number of rotatable bonds is 2. The summed E-state index contributed by atoms with van der Waals surface area (Å²) in [7, 11) is 0. The molecular formula is C19H27N3O4. The normalized spacial score (nSPS) is 29.7. The van der Waals surface area contributed by atoms with Gasteiger partial charge in [0, 0.05) is 44.1 Å². The third-order valence-electron chi connectivity index (χ3n) is 6.41. The molecule has 0 aromatic carbocycles. The lowest BCUT2D eigenvalue weighted by molar-refractivity contribution is -0.148. The summed E-state index contributed by atoms with van der Waals surface area (Å²) in [5, 5.41) is 14.8. The molecule has 7 heteroatoms. The predicted molar refractivity (Wildman–Crippen MR) is 93.4 cm³/mol. The SMILES string of the molecule is Cc1cc(C(=O)N2CC[C@@]3(O)CCN(C(=O)C4CCCC4)C[C@H]3C2)on1. The van der Waals surface area contributed by atoms with Crippen LogP contribution >= 0.6 is 0 Å². The van der Waals surface area contributed by atoms with Crippen LogP contribution in [0.4, 0.5) is 0 Å². The number of aromatic nitrogens is 1. The largest absolute Gasteiger partial charge is 0.389 e. The number of piperidine rings is 2. The number of amides is 2. The van der Waals surface area contributed by atoms with Crippen LogP contribution in [0.15, 0.2) is 10.6 Å². The fourth-order valence-electron chi connectivity index (χ4n) is 4.74. The number of aryl methyl sites for hydroxylation is 1. The Balaban J connectivity index is 1.44. The fraction of sp³-hybridized carbons (Fsp3) is 0.737. The van der Waals surface area contributed by atoms with Crippen LogP contribution in [0, 0.1) is 18.8 Å². The molecule has 2 atom stereocenters. The highest BCUT2D eigenvalue weighted by molar-refractivity contribution is 5.91. The van der Waals surface area contributed by atoms with Crippen LogP contribution in [0.2, 0.25) is 0 Å². The average molecular weight is 361 g/mol. The molecule has 4 rings (SSSR count). The van der Waals surface area contributed by atoms with Gasteiger partial charge in [0.15, 0.2) is 0 Å². The number of likely N-dealkylation sites (tertiary alicyclic amines) is 2. The van der Waals surface area contributed by atoms with Crippen molar-refractivity contribution >= 4 is 11.8 Å². The van der Waals surface area contributed by atoms with Gasteiger partial charge in [-0.3, -0.25) is 9.59 Å². The van der Waals surface area contributed by atoms with Crippen molar-refractivity contribution in [2.45, 2.75) is 51.0 Å². The lowest BCUT2D eigenvalue weighted by Gasteiger charge is -2.50. The van der Waals surface area contributed by atoms with Crippen LogP contribution in [0.3, 0.4) is 0 Å². The van der Waals surface area contributed by atoms with Gasteiger partial charge in [0.1, 0.15) is 0 Å². The minimum Gasteiger partial charge on any atom is -0.389 e. The maximum Gasteiger partial charge on any atom is 0.292 e. The number of aliphatic hydroxyl groups is 1. The smallest absolute Gasteiger partial charge is 0.292 e. The monoisotopic (exact) mass is 361 g/mol. The topological polar surface area (TPSA) is 86.9 Å². The van der Waals surface area contributed by atoms with Crippen molar-refractivity contribution in [3.63, 3.8) is 0 Å². The number of nitrogens with zero attached hydrogens (tertiary/aromatic N) is 3. The van der Waals surface area contributed by atoms with Crippen molar-refractivity contribution in [3.05, 3.63) is 17.5 Å². The number of fused-ring (bicyclic) bond motifs is 1. The molecule has 1 N–H and O–H groups in total. The van der Waals surface area contributed by atoms with Gasteiger partial charge in [-0.15, -0.1) is 0 Å². The lowest BCUT2D eigenvalue weighted by Crippen LogP contribution is -2.61. The van der Waals surface area contributed by atoms with Crippen molar-refractivity contribution in [2.24, 2.45) is 11.8 Å². The van der Waals surface area contributed by atoms with Gasteiger partial charge < -0.3 is 19.4 Å². The Labute approximate surface area is 153 Å². The van der Waals surface area contributed by atoms with Crippen molar-refractivity contribution < 1.29 is 19.2 Å². The number of carbonyl (C=O) groups excluding carboxylic acids is 2. The van der Waals surface area contributed by atoms with E-state index >= 15 is 0 Å². The first-order chi connectivity index (χ1) is 12.5. The summed E-state index contributed by atoms with van der Waals surface area (Å²) in [4.78, 5) is 29.0. The Kier molecular flexibility index (Phi) is 4.50. The zero-order valence-electron chi connectivity index (χ0n) is 15.3. The van der Waals surface area contributed by atoms with Crippen LogP contribution in [0.25, 0.3) is 0 Å². The minimum atomic E-state index is -0.777. The summed E-state index contributed by atoms with van der Waals surface area (Å²) in [6, 6.07) is 1.64. The summed E-state index contributed by atoms with van der Waals surface area (Å²) in [5.41, 5.74) is -0.103. The van der Waals surface area contributed by atoms with E-state index in [1.807, 2.05) is 4.90 Å². The third kappa shape index (κ3) is 3.13. The van der Waals surface area contributed by atoms with Gasteiger partial charge in [0.25, 0.3) is 5.91 Å². The molecule has 26 heavy (non-hydrogen) atoms. The molecule has 0 spiro atoms. The second-order valence-electron chi connectivity index (χ2n) is 8.15. The van der Waals surface area contributed by atoms with Gasteiger partial charge in [-0.2, -0.15) is 0 Å². The molecule has 0 radical (unpaired) electrons. The predicted octanol–water partition coefficient (Wildman–Crippen LogP) is 1.60. The van der Waals surface area contributed by atoms with Crippen LogP contribution < -0.4 is 0 Å². The second-order valence-corrected chi connectivity index (χ2v) is 8.15. The average Bonchev–Trinajstić information content (AvgIpc) is 3.31. The maximum atomic E-state index is 12.8. The molecule has 1 aromatic rings. The molecule has 1 aliphatic carbocycles. The van der Waals surface area contributed by atoms with E-state index in [0.717, 1.165) is 25.7 Å². The van der Waals surface area contributed by atoms with Gasteiger partial charge in [-0.1, -0.05) is 18.0 Å². The molecule has 2 amide bonds. The van der Waals surface area contributed by atoms with Gasteiger partial charge in [0.05, 0.1) is 11.3 Å². The highest BCUT2D eigenvalue weighted by atomic mass is 16.5. The Morgan fingerprint density at radius 1 is 1.19 bits per heavy atom. The summed E-state index contributed by atoms with van der Waals surface area (Å²) < 4.78 is 5.10. The van der Waals surface area contributed by atoms with Crippen molar-refractivity contribution in [3.8, 4) is 0 Å². The van der Waals surface area contributed by atoms with Gasteiger partial charge in [0.2, 0.25) is 11.7 Å². The molecule has 1 saturated carbocycles. The molecule has 3 fully saturated rings. The van der Waals surface area contributed by atoms with Crippen molar-refractivity contribution in [1.82, 2.24) is 15.0 Å². The van der Waals surface area contributed by atoms with E-state index in [4.69, 9.17) is 4.52 Å². The number of hydrogen-bond donors (Lipinski definition) is 1. The molecule has 0 unspecified atom stereocenters. The van der Waals surface area contributed by atoms with E-state index in [1.54, 1.807) is 17.9 Å². The minimum absolute atomic E-state index is 0.108. The molecule has 0 bridgehead atoms. The highest BCUT2D eigenvalue weighted by Crippen LogP contribution is 2.37. The van der Waals surface area contributed by atoms with E-state index < -0.39 is 5.60 Å². The van der Waals surface area contributed by atoms with Crippen molar-refractivity contribution in [1.29, 1.82) is 0 Å². The van der Waals surface area contributed by atoms with E-state index in [1.165, 1.54) is 0 Å². The fourth-order valence-corrected chi connectivity index (χ4v) is 4.74. The molecule has 3 aliphatic rings. The molecule has 2 saturated heterocycles. The molecule has 7 nitrogen and oxygen atoms in total. The van der Waals surface area contributed by atoms with Crippen LogP contribution in [0.5, 0.6) is 0 Å². The standard InChI is InChI=1S/C19H27N3O4/c1-13-10-16(26-20-13)18(24)22-9-7-19(25)6-8-21(11-15(19)12-22)17(23)14-4-2-3-5-14/h10,14-15,25H,2-9,11-12H2,1H3/t15-,19-/m0/s1. The van der Waals surface area contributed by atoms with Gasteiger partial charge in [-0.25, -0.2) is 0 Å². The Hall–Kier alpha value is -1.89. The van der Waals surface area contributed by atoms with Gasteiger partial charge in [-0.05, 0) is 32.6 Å². The molecule has 3 heterocycles. The van der Waals surface area contributed by atoms with Gasteiger partial charge >= 0.3 is 0 Å². The zero-order valence-corrected chi connectivity index (χ0v) is 15.3. The quantitative estimate of drug-likeness (QED) is 0.865. The summed E-state index contributed by atoms with van der Waals surface area (Å²) >= 11 is 0. The molecule has 2 aliphatic heterocycles. The van der Waals surface area contributed by atoms with E-state index in [2.05, 4.69) is 5.16 Å². The first-order valence-corrected chi connectivity index (χ1v) is 9.70. The number of carbonyl (C=O) groups is 2. The first-order valence-electron chi connectivity index (χ1n) is 9.70. The number of hydrogen-bond acceptors (Lipinski definition) is 5. The Morgan fingerprint density at radius 3 is 2.50 bits per heavy atom. The first kappa shape index (κ1) is 17.5.